The van der Waals surface area contributed by atoms with Crippen LogP contribution in [0.2, 0.25) is 5.02 Å². The number of nitrogens with one attached hydrogen (secondary N) is 1. The van der Waals surface area contributed by atoms with Crippen LogP contribution < -0.4 is 10.2 Å². The fourth-order valence-corrected chi connectivity index (χ4v) is 2.40. The van der Waals surface area contributed by atoms with Crippen molar-refractivity contribution in [1.82, 2.24) is 5.32 Å². The van der Waals surface area contributed by atoms with Gasteiger partial charge in [0, 0.05) is 38.3 Å². The zero-order chi connectivity index (χ0) is 14.0. The smallest absolute Gasteiger partial charge is 0.338 e. The van der Waals surface area contributed by atoms with Crippen LogP contribution in [0.15, 0.2) is 12.1 Å². The van der Waals surface area contributed by atoms with Gasteiger partial charge in [0.25, 0.3) is 5.69 Å². The van der Waals surface area contributed by atoms with Gasteiger partial charge in [-0.15, -0.1) is 0 Å². The summed E-state index contributed by atoms with van der Waals surface area (Å²) < 4.78 is 0. The number of carboxylic acid groups (broad SMARTS) is 1. The van der Waals surface area contributed by atoms with Crippen LogP contribution in [0.25, 0.3) is 0 Å². The number of hydrogen-bond acceptors (Lipinski definition) is 5. The SMILES string of the molecule is O=C(O)c1cc([N+](=O)[O-])cc(Cl)c1N1CCNCC1. The van der Waals surface area contributed by atoms with E-state index in [1.807, 2.05) is 4.90 Å². The van der Waals surface area contributed by atoms with Crippen molar-refractivity contribution in [1.29, 1.82) is 0 Å². The van der Waals surface area contributed by atoms with E-state index in [-0.39, 0.29) is 16.3 Å². The van der Waals surface area contributed by atoms with Gasteiger partial charge in [-0.25, -0.2) is 4.79 Å². The van der Waals surface area contributed by atoms with E-state index in [1.165, 1.54) is 6.07 Å². The molecule has 2 rings (SSSR count). The summed E-state index contributed by atoms with van der Waals surface area (Å²) >= 11 is 6.03. The third-order valence-electron chi connectivity index (χ3n) is 2.92. The number of benzene rings is 1. The predicted octanol–water partition coefficient (Wildman–Crippen LogP) is 1.36. The van der Waals surface area contributed by atoms with Crippen molar-refractivity contribution in [2.45, 2.75) is 0 Å². The molecule has 1 aromatic rings. The third-order valence-corrected chi connectivity index (χ3v) is 3.21. The summed E-state index contributed by atoms with van der Waals surface area (Å²) in [6.07, 6.45) is 0. The van der Waals surface area contributed by atoms with Gasteiger partial charge in [0.1, 0.15) is 0 Å². The summed E-state index contributed by atoms with van der Waals surface area (Å²) in [5.74, 6) is -1.22. The number of anilines is 1. The second-order valence-electron chi connectivity index (χ2n) is 4.12. The van der Waals surface area contributed by atoms with Crippen molar-refractivity contribution >= 4 is 28.9 Å². The average molecular weight is 286 g/mol. The molecule has 1 saturated heterocycles. The van der Waals surface area contributed by atoms with Crippen LogP contribution in [-0.2, 0) is 0 Å². The van der Waals surface area contributed by atoms with Crippen LogP contribution in [-0.4, -0.2) is 42.2 Å². The first-order valence-electron chi connectivity index (χ1n) is 5.67. The Morgan fingerprint density at radius 3 is 2.58 bits per heavy atom. The van der Waals surface area contributed by atoms with Gasteiger partial charge in [-0.05, 0) is 0 Å². The van der Waals surface area contributed by atoms with Crippen LogP contribution in [0.5, 0.6) is 0 Å². The molecule has 2 N–H and O–H groups in total. The molecule has 1 heterocycles. The highest BCUT2D eigenvalue weighted by molar-refractivity contribution is 6.34. The molecule has 19 heavy (non-hydrogen) atoms. The standard InChI is InChI=1S/C11H12ClN3O4/c12-9-6-7(15(18)19)5-8(11(16)17)10(9)14-3-1-13-2-4-14/h5-6,13H,1-4H2,(H,16,17). The summed E-state index contributed by atoms with van der Waals surface area (Å²) in [5.41, 5.74) is -0.108. The summed E-state index contributed by atoms with van der Waals surface area (Å²) in [7, 11) is 0. The minimum absolute atomic E-state index is 0.0912. The molecule has 0 atom stereocenters. The lowest BCUT2D eigenvalue weighted by Gasteiger charge is -2.31. The maximum absolute atomic E-state index is 11.3. The number of rotatable bonds is 3. The zero-order valence-electron chi connectivity index (χ0n) is 9.93. The van der Waals surface area contributed by atoms with E-state index in [9.17, 15) is 20.0 Å². The van der Waals surface area contributed by atoms with E-state index in [2.05, 4.69) is 5.32 Å². The fraction of sp³-hybridized carbons (Fsp3) is 0.364. The highest BCUT2D eigenvalue weighted by Gasteiger charge is 2.24. The number of aromatic carboxylic acids is 1. The van der Waals surface area contributed by atoms with Gasteiger partial charge >= 0.3 is 5.97 Å². The molecule has 1 fully saturated rings. The van der Waals surface area contributed by atoms with Gasteiger partial charge in [-0.2, -0.15) is 0 Å². The molecule has 102 valence electrons. The number of nitro groups is 1. The number of piperazine rings is 1. The number of carboxylic acids is 1. The van der Waals surface area contributed by atoms with Crippen LogP contribution >= 0.6 is 11.6 Å². The number of hydrogen-bond donors (Lipinski definition) is 2. The number of non-ortho nitro benzene ring substituents is 1. The second kappa shape index (κ2) is 5.41. The molecule has 0 amide bonds. The van der Waals surface area contributed by atoms with Crippen LogP contribution in [0.3, 0.4) is 0 Å². The lowest BCUT2D eigenvalue weighted by atomic mass is 10.1. The van der Waals surface area contributed by atoms with Crippen molar-refractivity contribution < 1.29 is 14.8 Å². The molecule has 0 spiro atoms. The van der Waals surface area contributed by atoms with Gasteiger partial charge in [0.15, 0.2) is 0 Å². The van der Waals surface area contributed by atoms with Crippen LogP contribution in [0, 0.1) is 10.1 Å². The van der Waals surface area contributed by atoms with Crippen molar-refractivity contribution in [2.75, 3.05) is 31.1 Å². The molecule has 1 aliphatic rings. The molecular formula is C11H12ClN3O4. The summed E-state index contributed by atoms with van der Waals surface area (Å²) in [6.45, 7) is 2.65. The highest BCUT2D eigenvalue weighted by atomic mass is 35.5. The van der Waals surface area contributed by atoms with E-state index in [1.54, 1.807) is 0 Å². The molecule has 0 aromatic heterocycles. The minimum atomic E-state index is -1.22. The van der Waals surface area contributed by atoms with Crippen molar-refractivity contribution in [3.63, 3.8) is 0 Å². The largest absolute Gasteiger partial charge is 0.478 e. The fourth-order valence-electron chi connectivity index (χ4n) is 2.06. The molecule has 8 heteroatoms. The Bertz CT molecular complexity index is 529. The lowest BCUT2D eigenvalue weighted by molar-refractivity contribution is -0.384. The van der Waals surface area contributed by atoms with Crippen LogP contribution in [0.1, 0.15) is 10.4 Å². The predicted molar refractivity (Wildman–Crippen MR) is 70.1 cm³/mol. The Kier molecular flexibility index (Phi) is 3.87. The molecule has 0 saturated carbocycles. The second-order valence-corrected chi connectivity index (χ2v) is 4.53. The Morgan fingerprint density at radius 2 is 2.05 bits per heavy atom. The highest BCUT2D eigenvalue weighted by Crippen LogP contribution is 2.34. The Labute approximate surface area is 113 Å². The first-order valence-corrected chi connectivity index (χ1v) is 6.05. The number of nitrogens with zero attached hydrogens (tertiary/aromatic N) is 2. The molecule has 0 unspecified atom stereocenters. The molecule has 1 aliphatic heterocycles. The van der Waals surface area contributed by atoms with Crippen LogP contribution in [0.4, 0.5) is 11.4 Å². The van der Waals surface area contributed by atoms with Gasteiger partial charge in [0.2, 0.25) is 0 Å². The van der Waals surface area contributed by atoms with Gasteiger partial charge in [0.05, 0.1) is 21.2 Å². The maximum Gasteiger partial charge on any atom is 0.338 e. The van der Waals surface area contributed by atoms with Gasteiger partial charge < -0.3 is 15.3 Å². The van der Waals surface area contributed by atoms with E-state index >= 15 is 0 Å². The quantitative estimate of drug-likeness (QED) is 0.643. The molecule has 0 radical (unpaired) electrons. The molecule has 7 nitrogen and oxygen atoms in total. The minimum Gasteiger partial charge on any atom is -0.478 e. The number of halogens is 1. The monoisotopic (exact) mass is 285 g/mol. The van der Waals surface area contributed by atoms with E-state index in [4.69, 9.17) is 11.6 Å². The summed E-state index contributed by atoms with van der Waals surface area (Å²) in [5, 5.41) is 23.2. The number of carbonyl (C=O) groups is 1. The maximum atomic E-state index is 11.3. The Hall–Kier alpha value is -1.86. The van der Waals surface area contributed by atoms with E-state index in [0.717, 1.165) is 6.07 Å². The van der Waals surface area contributed by atoms with E-state index in [0.29, 0.717) is 31.9 Å². The van der Waals surface area contributed by atoms with Gasteiger partial charge in [-0.3, -0.25) is 10.1 Å². The number of nitro benzene ring substituents is 1. The van der Waals surface area contributed by atoms with Crippen molar-refractivity contribution in [3.8, 4) is 0 Å². The summed E-state index contributed by atoms with van der Waals surface area (Å²) in [6, 6.07) is 2.23. The Morgan fingerprint density at radius 1 is 1.42 bits per heavy atom. The molecule has 0 aliphatic carbocycles. The zero-order valence-corrected chi connectivity index (χ0v) is 10.7. The lowest BCUT2D eigenvalue weighted by Crippen LogP contribution is -2.44. The average Bonchev–Trinajstić information content (AvgIpc) is 2.38. The molecule has 1 aromatic carbocycles. The first-order chi connectivity index (χ1) is 9.00. The Balaban J connectivity index is 2.51. The first kappa shape index (κ1) is 13.6. The molecule has 0 bridgehead atoms. The topological polar surface area (TPSA) is 95.7 Å². The van der Waals surface area contributed by atoms with Crippen molar-refractivity contribution in [3.05, 3.63) is 32.8 Å². The summed E-state index contributed by atoms with van der Waals surface area (Å²) in [4.78, 5) is 23.2. The molecular weight excluding hydrogens is 274 g/mol. The van der Waals surface area contributed by atoms with E-state index < -0.39 is 10.9 Å². The van der Waals surface area contributed by atoms with Crippen molar-refractivity contribution in [2.24, 2.45) is 0 Å². The van der Waals surface area contributed by atoms with Gasteiger partial charge in [-0.1, -0.05) is 11.6 Å². The normalized spacial score (nSPS) is 15.3. The third kappa shape index (κ3) is 2.77.